The Hall–Kier alpha value is -1.95. The summed E-state index contributed by atoms with van der Waals surface area (Å²) in [6.07, 6.45) is 0. The molecule has 0 radical (unpaired) electrons. The van der Waals surface area contributed by atoms with Gasteiger partial charge in [-0.15, -0.1) is 0 Å². The molecule has 0 atom stereocenters. The van der Waals surface area contributed by atoms with Crippen molar-refractivity contribution in [3.63, 3.8) is 0 Å². The molecule has 1 aliphatic rings. The average Bonchev–Trinajstić information content (AvgIpc) is 2.83. The number of carbonyl (C=O) groups is 1. The monoisotopic (exact) mass is 239 g/mol. The maximum atomic E-state index is 11.9. The van der Waals surface area contributed by atoms with Crippen LogP contribution in [0.25, 0.3) is 0 Å². The first-order valence-electron chi connectivity index (χ1n) is 4.97. The Labute approximate surface area is 98.6 Å². The Balaban J connectivity index is 2.40. The van der Waals surface area contributed by atoms with Crippen molar-refractivity contribution in [2.75, 3.05) is 28.1 Å². The van der Waals surface area contributed by atoms with Crippen LogP contribution >= 0.6 is 0 Å². The predicted molar refractivity (Wildman–Crippen MR) is 58.2 cm³/mol. The maximum absolute atomic E-state index is 11.9. The third kappa shape index (κ3) is 1.99. The minimum Gasteiger partial charge on any atom is -0.493 e. The molecule has 6 nitrogen and oxygen atoms in total. The summed E-state index contributed by atoms with van der Waals surface area (Å²) in [6, 6.07) is 3.19. The van der Waals surface area contributed by atoms with Crippen molar-refractivity contribution in [3.05, 3.63) is 17.7 Å². The van der Waals surface area contributed by atoms with Crippen LogP contribution < -0.4 is 14.2 Å². The number of rotatable bonds is 3. The normalized spacial score (nSPS) is 12.4. The lowest BCUT2D eigenvalue weighted by Gasteiger charge is -2.14. The lowest BCUT2D eigenvalue weighted by molar-refractivity contribution is -0.0757. The van der Waals surface area contributed by atoms with Gasteiger partial charge in [0.2, 0.25) is 12.5 Å². The first-order valence-corrected chi connectivity index (χ1v) is 4.97. The van der Waals surface area contributed by atoms with E-state index in [2.05, 4.69) is 0 Å². The highest BCUT2D eigenvalue weighted by atomic mass is 16.7. The van der Waals surface area contributed by atoms with E-state index in [9.17, 15) is 4.79 Å². The van der Waals surface area contributed by atoms with Crippen LogP contribution in [0.3, 0.4) is 0 Å². The van der Waals surface area contributed by atoms with Crippen LogP contribution in [-0.4, -0.2) is 39.0 Å². The molecule has 2 rings (SSSR count). The number of fused-ring (bicyclic) bond motifs is 1. The van der Waals surface area contributed by atoms with Crippen molar-refractivity contribution in [2.45, 2.75) is 0 Å². The van der Waals surface area contributed by atoms with Crippen LogP contribution in [0.2, 0.25) is 0 Å². The molecule has 0 fully saturated rings. The largest absolute Gasteiger partial charge is 0.493 e. The Bertz CT molecular complexity index is 446. The van der Waals surface area contributed by atoms with Gasteiger partial charge in [0.25, 0.3) is 5.91 Å². The standard InChI is InChI=1S/C11H13NO5/c1-12(15-3)11(13)7-4-8(14-2)10-9(5-7)16-6-17-10/h4-5H,6H2,1-3H3. The number of benzene rings is 1. The van der Waals surface area contributed by atoms with E-state index in [1.807, 2.05) is 0 Å². The fraction of sp³-hybridized carbons (Fsp3) is 0.364. The van der Waals surface area contributed by atoms with Gasteiger partial charge in [-0.2, -0.15) is 0 Å². The number of carbonyl (C=O) groups excluding carboxylic acids is 1. The van der Waals surface area contributed by atoms with E-state index in [0.717, 1.165) is 5.06 Å². The van der Waals surface area contributed by atoms with Gasteiger partial charge in [0.1, 0.15) is 0 Å². The Morgan fingerprint density at radius 3 is 2.76 bits per heavy atom. The molecule has 0 unspecified atom stereocenters. The van der Waals surface area contributed by atoms with Crippen molar-refractivity contribution in [1.82, 2.24) is 5.06 Å². The molecule has 0 spiro atoms. The zero-order chi connectivity index (χ0) is 12.4. The van der Waals surface area contributed by atoms with Gasteiger partial charge < -0.3 is 14.2 Å². The lowest BCUT2D eigenvalue weighted by atomic mass is 10.1. The van der Waals surface area contributed by atoms with Crippen LogP contribution in [0.5, 0.6) is 17.2 Å². The molecule has 17 heavy (non-hydrogen) atoms. The van der Waals surface area contributed by atoms with Crippen molar-refractivity contribution < 1.29 is 23.8 Å². The summed E-state index contributed by atoms with van der Waals surface area (Å²) in [7, 11) is 4.45. The van der Waals surface area contributed by atoms with Gasteiger partial charge in [-0.3, -0.25) is 9.63 Å². The summed E-state index contributed by atoms with van der Waals surface area (Å²) < 4.78 is 15.6. The van der Waals surface area contributed by atoms with Crippen molar-refractivity contribution >= 4 is 5.91 Å². The second-order valence-corrected chi connectivity index (χ2v) is 3.40. The third-order valence-corrected chi connectivity index (χ3v) is 2.47. The highest BCUT2D eigenvalue weighted by Gasteiger charge is 2.23. The Morgan fingerprint density at radius 2 is 2.12 bits per heavy atom. The molecule has 1 heterocycles. The van der Waals surface area contributed by atoms with Crippen LogP contribution in [0.1, 0.15) is 10.4 Å². The SMILES string of the molecule is COc1cc(C(=O)N(C)OC)cc2c1OCO2. The minimum absolute atomic E-state index is 0.128. The number of nitrogens with zero attached hydrogens (tertiary/aromatic N) is 1. The van der Waals surface area contributed by atoms with Gasteiger partial charge in [-0.25, -0.2) is 5.06 Å². The molecule has 0 aliphatic carbocycles. The van der Waals surface area contributed by atoms with Gasteiger partial charge in [-0.05, 0) is 12.1 Å². The molecule has 6 heteroatoms. The number of methoxy groups -OCH3 is 1. The highest BCUT2D eigenvalue weighted by Crippen LogP contribution is 2.41. The number of hydroxylamine groups is 2. The maximum Gasteiger partial charge on any atom is 0.277 e. The van der Waals surface area contributed by atoms with Gasteiger partial charge in [0, 0.05) is 12.6 Å². The first-order chi connectivity index (χ1) is 8.17. The number of hydrogen-bond acceptors (Lipinski definition) is 5. The zero-order valence-corrected chi connectivity index (χ0v) is 9.85. The van der Waals surface area contributed by atoms with E-state index < -0.39 is 0 Å². The van der Waals surface area contributed by atoms with Gasteiger partial charge in [-0.1, -0.05) is 0 Å². The van der Waals surface area contributed by atoms with Gasteiger partial charge in [0.15, 0.2) is 11.5 Å². The zero-order valence-electron chi connectivity index (χ0n) is 9.85. The van der Waals surface area contributed by atoms with Crippen LogP contribution in [-0.2, 0) is 4.84 Å². The molecule has 1 aromatic carbocycles. The second-order valence-electron chi connectivity index (χ2n) is 3.40. The van der Waals surface area contributed by atoms with Crippen molar-refractivity contribution in [1.29, 1.82) is 0 Å². The smallest absolute Gasteiger partial charge is 0.277 e. The molecule has 0 bridgehead atoms. The minimum atomic E-state index is -0.288. The molecular weight excluding hydrogens is 226 g/mol. The first kappa shape index (κ1) is 11.5. The Morgan fingerprint density at radius 1 is 1.35 bits per heavy atom. The molecule has 1 aliphatic heterocycles. The van der Waals surface area contributed by atoms with Crippen molar-refractivity contribution in [2.24, 2.45) is 0 Å². The number of ether oxygens (including phenoxy) is 3. The predicted octanol–water partition coefficient (Wildman–Crippen LogP) is 1.06. The average molecular weight is 239 g/mol. The van der Waals surface area contributed by atoms with Crippen LogP contribution in [0.4, 0.5) is 0 Å². The van der Waals surface area contributed by atoms with E-state index in [4.69, 9.17) is 19.0 Å². The van der Waals surface area contributed by atoms with E-state index in [0.29, 0.717) is 22.8 Å². The Kier molecular flexibility index (Phi) is 3.06. The molecular formula is C11H13NO5. The fourth-order valence-electron chi connectivity index (χ4n) is 1.52. The highest BCUT2D eigenvalue weighted by molar-refractivity contribution is 5.94. The molecule has 1 amide bonds. The lowest BCUT2D eigenvalue weighted by Crippen LogP contribution is -2.25. The fourth-order valence-corrected chi connectivity index (χ4v) is 1.52. The van der Waals surface area contributed by atoms with E-state index in [-0.39, 0.29) is 12.7 Å². The molecule has 0 aromatic heterocycles. The van der Waals surface area contributed by atoms with Crippen molar-refractivity contribution in [3.8, 4) is 17.2 Å². The number of hydrogen-bond donors (Lipinski definition) is 0. The molecule has 1 aromatic rings. The molecule has 0 saturated carbocycles. The topological polar surface area (TPSA) is 57.2 Å². The quantitative estimate of drug-likeness (QED) is 0.738. The molecule has 92 valence electrons. The summed E-state index contributed by atoms with van der Waals surface area (Å²) in [5.74, 6) is 1.19. The van der Waals surface area contributed by atoms with E-state index >= 15 is 0 Å². The van der Waals surface area contributed by atoms with Gasteiger partial charge >= 0.3 is 0 Å². The van der Waals surface area contributed by atoms with Crippen LogP contribution in [0, 0.1) is 0 Å². The molecule has 0 saturated heterocycles. The number of amides is 1. The molecule has 0 N–H and O–H groups in total. The summed E-state index contributed by atoms with van der Waals surface area (Å²) >= 11 is 0. The van der Waals surface area contributed by atoms with E-state index in [1.165, 1.54) is 21.3 Å². The third-order valence-electron chi connectivity index (χ3n) is 2.47. The van der Waals surface area contributed by atoms with E-state index in [1.54, 1.807) is 12.1 Å². The van der Waals surface area contributed by atoms with Gasteiger partial charge in [0.05, 0.1) is 14.2 Å². The second kappa shape index (κ2) is 4.50. The summed E-state index contributed by atoms with van der Waals surface area (Å²) in [5, 5.41) is 1.12. The summed E-state index contributed by atoms with van der Waals surface area (Å²) in [4.78, 5) is 16.7. The van der Waals surface area contributed by atoms with Crippen LogP contribution in [0.15, 0.2) is 12.1 Å². The summed E-state index contributed by atoms with van der Waals surface area (Å²) in [6.45, 7) is 0.128. The summed E-state index contributed by atoms with van der Waals surface area (Å²) in [5.41, 5.74) is 0.412.